The molecule has 0 bridgehead atoms. The molecule has 2 amide bonds. The quantitative estimate of drug-likeness (QED) is 0.584. The van der Waals surface area contributed by atoms with Crippen molar-refractivity contribution in [1.82, 2.24) is 4.90 Å². The lowest BCUT2D eigenvalue weighted by Gasteiger charge is -2.15. The van der Waals surface area contributed by atoms with Gasteiger partial charge in [-0.2, -0.15) is 0 Å². The zero-order valence-electron chi connectivity index (χ0n) is 9.18. The lowest BCUT2D eigenvalue weighted by molar-refractivity contribution is -0.107. The van der Waals surface area contributed by atoms with Crippen molar-refractivity contribution in [2.75, 3.05) is 0 Å². The monoisotopic (exact) mass is 229 g/mol. The van der Waals surface area contributed by atoms with Gasteiger partial charge < -0.3 is 4.79 Å². The van der Waals surface area contributed by atoms with Crippen LogP contribution in [0.1, 0.15) is 33.6 Å². The number of benzene rings is 1. The molecule has 0 N–H and O–H groups in total. The van der Waals surface area contributed by atoms with Gasteiger partial charge in [-0.25, -0.2) is 4.90 Å². The molecule has 17 heavy (non-hydrogen) atoms. The number of carbonyl (C=O) groups excluding carboxylic acids is 3. The summed E-state index contributed by atoms with van der Waals surface area (Å²) in [6, 6.07) is 6.65. The van der Waals surface area contributed by atoms with E-state index in [1.165, 1.54) is 0 Å². The molecule has 0 aromatic heterocycles. The number of rotatable bonds is 4. The van der Waals surface area contributed by atoms with Crippen LogP contribution in [0.4, 0.5) is 0 Å². The number of hydrogen-bond donors (Lipinski definition) is 0. The van der Waals surface area contributed by atoms with Crippen molar-refractivity contribution in [2.24, 2.45) is 0 Å². The van der Waals surface area contributed by atoms with Gasteiger partial charge in [0.05, 0.1) is 11.1 Å². The largest absolute Gasteiger partial charge is 0.303 e. The number of nitrogens with zero attached hydrogens (tertiary/aromatic N) is 1. The third-order valence-electron chi connectivity index (χ3n) is 2.66. The van der Waals surface area contributed by atoms with Crippen LogP contribution in [0.5, 0.6) is 0 Å². The van der Waals surface area contributed by atoms with Gasteiger partial charge in [-0.05, 0) is 18.6 Å². The zero-order chi connectivity index (χ0) is 12.4. The van der Waals surface area contributed by atoms with E-state index in [2.05, 4.69) is 6.58 Å². The first-order chi connectivity index (χ1) is 8.16. The Bertz CT molecular complexity index is 484. The number of hydrogen-bond acceptors (Lipinski definition) is 3. The molecule has 1 aliphatic heterocycles. The van der Waals surface area contributed by atoms with E-state index in [-0.39, 0.29) is 18.2 Å². The smallest absolute Gasteiger partial charge is 0.265 e. The molecule has 0 fully saturated rings. The first-order valence-electron chi connectivity index (χ1n) is 5.26. The summed E-state index contributed by atoms with van der Waals surface area (Å²) in [4.78, 5) is 35.3. The van der Waals surface area contributed by atoms with Crippen LogP contribution in [0.3, 0.4) is 0 Å². The molecule has 0 saturated heterocycles. The number of allylic oxidation sites excluding steroid dienone is 1. The first kappa shape index (κ1) is 11.3. The predicted molar refractivity (Wildman–Crippen MR) is 61.4 cm³/mol. The van der Waals surface area contributed by atoms with Crippen LogP contribution < -0.4 is 0 Å². The molecule has 1 aromatic rings. The van der Waals surface area contributed by atoms with Crippen LogP contribution >= 0.6 is 0 Å². The van der Waals surface area contributed by atoms with Crippen molar-refractivity contribution in [1.29, 1.82) is 0 Å². The molecule has 0 spiro atoms. The van der Waals surface area contributed by atoms with Gasteiger partial charge in [-0.15, -0.1) is 0 Å². The van der Waals surface area contributed by atoms with Crippen LogP contribution in [0.25, 0.3) is 0 Å². The highest BCUT2D eigenvalue weighted by Crippen LogP contribution is 2.26. The molecule has 0 saturated carbocycles. The van der Waals surface area contributed by atoms with Crippen molar-refractivity contribution in [2.45, 2.75) is 12.8 Å². The summed E-state index contributed by atoms with van der Waals surface area (Å²) in [5.41, 5.74) is 1.15. The summed E-state index contributed by atoms with van der Waals surface area (Å²) < 4.78 is 0. The fraction of sp³-hybridized carbons (Fsp3) is 0.154. The standard InChI is InChI=1S/C13H11NO3/c1-9(5-4-8-15)14-12(16)10-6-2-3-7-11(10)13(14)17/h2-3,6-8H,1,4-5H2. The molecule has 2 rings (SSSR count). The van der Waals surface area contributed by atoms with Crippen LogP contribution in [-0.2, 0) is 4.79 Å². The van der Waals surface area contributed by atoms with E-state index >= 15 is 0 Å². The van der Waals surface area contributed by atoms with Crippen molar-refractivity contribution in [3.8, 4) is 0 Å². The molecule has 0 atom stereocenters. The Kier molecular flexibility index (Phi) is 2.87. The fourth-order valence-electron chi connectivity index (χ4n) is 1.81. The fourth-order valence-corrected chi connectivity index (χ4v) is 1.81. The molecular weight excluding hydrogens is 218 g/mol. The second kappa shape index (κ2) is 4.33. The maximum atomic E-state index is 12.0. The van der Waals surface area contributed by atoms with E-state index in [1.807, 2.05) is 0 Å². The van der Waals surface area contributed by atoms with Gasteiger partial charge in [-0.3, -0.25) is 9.59 Å². The molecule has 86 valence electrons. The Hall–Kier alpha value is -2.23. The topological polar surface area (TPSA) is 54.5 Å². The van der Waals surface area contributed by atoms with E-state index in [1.54, 1.807) is 24.3 Å². The SMILES string of the molecule is C=C(CCC=O)N1C(=O)c2ccccc2C1=O. The molecule has 1 heterocycles. The third kappa shape index (κ3) is 1.78. The van der Waals surface area contributed by atoms with Gasteiger partial charge >= 0.3 is 0 Å². The van der Waals surface area contributed by atoms with Crippen LogP contribution in [0.15, 0.2) is 36.5 Å². The first-order valence-corrected chi connectivity index (χ1v) is 5.26. The number of amides is 2. The molecule has 0 unspecified atom stereocenters. The van der Waals surface area contributed by atoms with E-state index in [9.17, 15) is 14.4 Å². The molecule has 4 heteroatoms. The normalized spacial score (nSPS) is 13.8. The Morgan fingerprint density at radius 2 is 1.71 bits per heavy atom. The maximum Gasteiger partial charge on any atom is 0.265 e. The second-order valence-corrected chi connectivity index (χ2v) is 3.76. The van der Waals surface area contributed by atoms with E-state index in [4.69, 9.17) is 0 Å². The van der Waals surface area contributed by atoms with E-state index < -0.39 is 0 Å². The molecule has 0 aliphatic carbocycles. The Balaban J connectivity index is 2.30. The Morgan fingerprint density at radius 3 is 2.18 bits per heavy atom. The van der Waals surface area contributed by atoms with Crippen molar-refractivity contribution in [3.05, 3.63) is 47.7 Å². The molecule has 1 aromatic carbocycles. The van der Waals surface area contributed by atoms with Gasteiger partial charge in [0.1, 0.15) is 6.29 Å². The predicted octanol–water partition coefficient (Wildman–Crippen LogP) is 1.78. The van der Waals surface area contributed by atoms with Gasteiger partial charge in [-0.1, -0.05) is 18.7 Å². The highest BCUT2D eigenvalue weighted by atomic mass is 16.2. The summed E-state index contributed by atoms with van der Waals surface area (Å²) in [5, 5.41) is 0. The summed E-state index contributed by atoms with van der Waals surface area (Å²) in [7, 11) is 0. The summed E-state index contributed by atoms with van der Waals surface area (Å²) >= 11 is 0. The van der Waals surface area contributed by atoms with Crippen molar-refractivity contribution < 1.29 is 14.4 Å². The number of fused-ring (bicyclic) bond motifs is 1. The highest BCUT2D eigenvalue weighted by Gasteiger charge is 2.36. The van der Waals surface area contributed by atoms with Crippen LogP contribution in [0.2, 0.25) is 0 Å². The second-order valence-electron chi connectivity index (χ2n) is 3.76. The summed E-state index contributed by atoms with van der Waals surface area (Å²) in [5.74, 6) is -0.719. The maximum absolute atomic E-state index is 12.0. The van der Waals surface area contributed by atoms with Gasteiger partial charge in [0.25, 0.3) is 11.8 Å². The van der Waals surface area contributed by atoms with Crippen molar-refractivity contribution >= 4 is 18.1 Å². The minimum absolute atomic E-state index is 0.256. The van der Waals surface area contributed by atoms with Crippen LogP contribution in [0, 0.1) is 0 Å². The summed E-state index contributed by atoms with van der Waals surface area (Å²) in [6.07, 6.45) is 1.31. The zero-order valence-corrected chi connectivity index (χ0v) is 9.18. The third-order valence-corrected chi connectivity index (χ3v) is 2.66. The highest BCUT2D eigenvalue weighted by molar-refractivity contribution is 6.22. The molecule has 4 nitrogen and oxygen atoms in total. The van der Waals surface area contributed by atoms with E-state index in [0.717, 1.165) is 11.2 Å². The molecule has 1 aliphatic rings. The Labute approximate surface area is 98.5 Å². The number of aldehydes is 1. The minimum Gasteiger partial charge on any atom is -0.303 e. The van der Waals surface area contributed by atoms with Gasteiger partial charge in [0.2, 0.25) is 0 Å². The average molecular weight is 229 g/mol. The number of imide groups is 1. The average Bonchev–Trinajstić information content (AvgIpc) is 2.60. The lowest BCUT2D eigenvalue weighted by atomic mass is 10.1. The van der Waals surface area contributed by atoms with E-state index in [0.29, 0.717) is 23.2 Å². The van der Waals surface area contributed by atoms with Gasteiger partial charge in [0.15, 0.2) is 0 Å². The lowest BCUT2D eigenvalue weighted by Crippen LogP contribution is -2.28. The Morgan fingerprint density at radius 1 is 1.18 bits per heavy atom. The van der Waals surface area contributed by atoms with Crippen molar-refractivity contribution in [3.63, 3.8) is 0 Å². The summed E-state index contributed by atoms with van der Waals surface area (Å²) in [6.45, 7) is 3.68. The van der Waals surface area contributed by atoms with Gasteiger partial charge in [0, 0.05) is 12.1 Å². The van der Waals surface area contributed by atoms with Crippen LogP contribution in [-0.4, -0.2) is 23.0 Å². The molecular formula is C13H11NO3. The number of carbonyl (C=O) groups is 3. The molecule has 0 radical (unpaired) electrons. The minimum atomic E-state index is -0.360.